The van der Waals surface area contributed by atoms with Gasteiger partial charge in [-0.15, -0.1) is 0 Å². The molecule has 2 unspecified atom stereocenters. The number of ether oxygens (including phenoxy) is 1. The van der Waals surface area contributed by atoms with Gasteiger partial charge in [-0.05, 0) is 31.5 Å². The molecule has 0 aliphatic heterocycles. The van der Waals surface area contributed by atoms with Crippen LogP contribution in [0, 0.1) is 0 Å². The molecule has 0 saturated heterocycles. The molecular weight excluding hydrogens is 356 g/mol. The normalized spacial score (nSPS) is 16.9. The van der Waals surface area contributed by atoms with Crippen LogP contribution in [0.4, 0.5) is 26.3 Å². The van der Waals surface area contributed by atoms with E-state index in [-0.39, 0.29) is 11.3 Å². The minimum absolute atomic E-state index is 0.132. The Bertz CT molecular complexity index is 591. The Hall–Kier alpha value is -1.97. The summed E-state index contributed by atoms with van der Waals surface area (Å²) in [6.07, 6.45) is -10.9. The fourth-order valence-electron chi connectivity index (χ4n) is 1.78. The van der Waals surface area contributed by atoms with Crippen LogP contribution in [0.5, 0.6) is 5.75 Å². The van der Waals surface area contributed by atoms with E-state index in [1.807, 2.05) is 0 Å². The smallest absolute Gasteiger partial charge is 0.422 e. The van der Waals surface area contributed by atoms with Crippen molar-refractivity contribution in [3.05, 3.63) is 29.8 Å². The highest BCUT2D eigenvalue weighted by atomic mass is 19.4. The van der Waals surface area contributed by atoms with Crippen LogP contribution in [0.15, 0.2) is 24.3 Å². The molecule has 4 nitrogen and oxygen atoms in total. The van der Waals surface area contributed by atoms with Gasteiger partial charge in [0, 0.05) is 0 Å². The number of carbonyl (C=O) groups excluding carboxylic acids is 1. The summed E-state index contributed by atoms with van der Waals surface area (Å²) < 4.78 is 79.8. The summed E-state index contributed by atoms with van der Waals surface area (Å²) >= 11 is 0. The number of hydrogen-bond acceptors (Lipinski definition) is 3. The van der Waals surface area contributed by atoms with Crippen molar-refractivity contribution in [2.75, 3.05) is 6.61 Å². The Morgan fingerprint density at radius 2 is 1.88 bits per heavy atom. The summed E-state index contributed by atoms with van der Waals surface area (Å²) in [4.78, 5) is 11.7. The van der Waals surface area contributed by atoms with Gasteiger partial charge in [-0.2, -0.15) is 13.2 Å². The first-order chi connectivity index (χ1) is 11.3. The maximum Gasteiger partial charge on any atom is 0.422 e. The van der Waals surface area contributed by atoms with E-state index in [2.05, 4.69) is 10.1 Å². The highest BCUT2D eigenvalue weighted by molar-refractivity contribution is 5.82. The molecular formula is C15H17F6NO3. The van der Waals surface area contributed by atoms with Crippen LogP contribution in [0.1, 0.15) is 25.5 Å². The molecule has 0 fully saturated rings. The summed E-state index contributed by atoms with van der Waals surface area (Å²) in [5.74, 6) is -1.60. The average Bonchev–Trinajstić information content (AvgIpc) is 2.51. The van der Waals surface area contributed by atoms with Crippen molar-refractivity contribution in [2.24, 2.45) is 0 Å². The van der Waals surface area contributed by atoms with Crippen molar-refractivity contribution >= 4 is 5.91 Å². The predicted octanol–water partition coefficient (Wildman–Crippen LogP) is 3.16. The monoisotopic (exact) mass is 373 g/mol. The lowest BCUT2D eigenvalue weighted by Gasteiger charge is -2.26. The molecule has 0 spiro atoms. The molecule has 142 valence electrons. The molecule has 0 aliphatic carbocycles. The van der Waals surface area contributed by atoms with Gasteiger partial charge >= 0.3 is 6.18 Å². The molecule has 3 atom stereocenters. The van der Waals surface area contributed by atoms with E-state index in [1.54, 1.807) is 0 Å². The number of aliphatic hydroxyl groups is 1. The number of halogens is 6. The summed E-state index contributed by atoms with van der Waals surface area (Å²) in [5, 5.41) is 11.4. The number of carbonyl (C=O) groups is 1. The van der Waals surface area contributed by atoms with Crippen LogP contribution in [-0.4, -0.2) is 42.0 Å². The molecule has 0 heterocycles. The van der Waals surface area contributed by atoms with Crippen molar-refractivity contribution in [1.29, 1.82) is 0 Å². The Labute approximate surface area is 139 Å². The first kappa shape index (κ1) is 21.1. The molecule has 10 heteroatoms. The fraction of sp³-hybridized carbons (Fsp3) is 0.533. The number of rotatable bonds is 7. The van der Waals surface area contributed by atoms with Gasteiger partial charge < -0.3 is 15.2 Å². The second kappa shape index (κ2) is 7.94. The zero-order valence-corrected chi connectivity index (χ0v) is 13.3. The number of hydrogen-bond donors (Lipinski definition) is 2. The fourth-order valence-corrected chi connectivity index (χ4v) is 1.78. The van der Waals surface area contributed by atoms with Crippen LogP contribution < -0.4 is 10.1 Å². The van der Waals surface area contributed by atoms with E-state index in [1.165, 1.54) is 31.2 Å². The first-order valence-electron chi connectivity index (χ1n) is 7.09. The number of benzene rings is 1. The van der Waals surface area contributed by atoms with Gasteiger partial charge in [0.05, 0.1) is 6.04 Å². The lowest BCUT2D eigenvalue weighted by Crippen LogP contribution is -2.51. The second-order valence-corrected chi connectivity index (χ2v) is 5.60. The summed E-state index contributed by atoms with van der Waals surface area (Å²) in [6, 6.07) is 4.29. The van der Waals surface area contributed by atoms with Crippen LogP contribution in [0.2, 0.25) is 0 Å². The molecule has 1 aromatic carbocycles. The van der Waals surface area contributed by atoms with Gasteiger partial charge in [0.15, 0.2) is 12.2 Å². The van der Waals surface area contributed by atoms with Crippen LogP contribution in [0.25, 0.3) is 0 Å². The highest BCUT2D eigenvalue weighted by Gasteiger charge is 2.46. The molecule has 0 bridgehead atoms. The molecule has 0 aliphatic rings. The molecule has 1 aromatic rings. The van der Waals surface area contributed by atoms with E-state index in [0.717, 1.165) is 0 Å². The minimum atomic E-state index is -4.53. The SMILES string of the molecule is C[C@H](NC(=O)C(F)C(C)(O)C(F)F)c1cccc(OCC(F)(F)F)c1. The van der Waals surface area contributed by atoms with Crippen molar-refractivity contribution in [1.82, 2.24) is 5.32 Å². The lowest BCUT2D eigenvalue weighted by molar-refractivity contribution is -0.155. The topological polar surface area (TPSA) is 58.6 Å². The van der Waals surface area contributed by atoms with Crippen LogP contribution in [0.3, 0.4) is 0 Å². The van der Waals surface area contributed by atoms with Gasteiger partial charge in [0.25, 0.3) is 12.3 Å². The molecule has 1 amide bonds. The largest absolute Gasteiger partial charge is 0.484 e. The van der Waals surface area contributed by atoms with Crippen LogP contribution in [-0.2, 0) is 4.79 Å². The van der Waals surface area contributed by atoms with E-state index in [9.17, 15) is 36.2 Å². The maximum absolute atomic E-state index is 13.7. The quantitative estimate of drug-likeness (QED) is 0.722. The van der Waals surface area contributed by atoms with Gasteiger partial charge in [0.1, 0.15) is 5.75 Å². The third-order valence-electron chi connectivity index (χ3n) is 3.30. The van der Waals surface area contributed by atoms with E-state index >= 15 is 0 Å². The Kier molecular flexibility index (Phi) is 6.69. The number of nitrogens with one attached hydrogen (secondary N) is 1. The molecule has 2 N–H and O–H groups in total. The van der Waals surface area contributed by atoms with Crippen molar-refractivity contribution in [3.63, 3.8) is 0 Å². The molecule has 0 saturated carbocycles. The van der Waals surface area contributed by atoms with Crippen LogP contribution >= 0.6 is 0 Å². The number of alkyl halides is 6. The molecule has 0 radical (unpaired) electrons. The maximum atomic E-state index is 13.7. The van der Waals surface area contributed by atoms with Crippen molar-refractivity contribution in [2.45, 2.75) is 44.3 Å². The molecule has 25 heavy (non-hydrogen) atoms. The average molecular weight is 373 g/mol. The van der Waals surface area contributed by atoms with E-state index in [4.69, 9.17) is 0 Å². The third-order valence-corrected chi connectivity index (χ3v) is 3.30. The molecule has 0 aromatic heterocycles. The van der Waals surface area contributed by atoms with E-state index < -0.39 is 42.9 Å². The Morgan fingerprint density at radius 3 is 2.40 bits per heavy atom. The summed E-state index contributed by atoms with van der Waals surface area (Å²) in [5.41, 5.74) is -2.90. The van der Waals surface area contributed by atoms with Gasteiger partial charge in [0.2, 0.25) is 6.17 Å². The van der Waals surface area contributed by atoms with Crippen molar-refractivity contribution < 1.29 is 41.0 Å². The highest BCUT2D eigenvalue weighted by Crippen LogP contribution is 2.25. The van der Waals surface area contributed by atoms with Crippen molar-refractivity contribution in [3.8, 4) is 5.75 Å². The first-order valence-corrected chi connectivity index (χ1v) is 7.09. The van der Waals surface area contributed by atoms with Gasteiger partial charge in [-0.3, -0.25) is 4.79 Å². The Morgan fingerprint density at radius 1 is 1.28 bits per heavy atom. The third kappa shape index (κ3) is 6.11. The molecule has 1 rings (SSSR count). The Balaban J connectivity index is 2.77. The lowest BCUT2D eigenvalue weighted by atomic mass is 9.99. The van der Waals surface area contributed by atoms with Gasteiger partial charge in [-0.1, -0.05) is 12.1 Å². The zero-order valence-electron chi connectivity index (χ0n) is 13.3. The summed E-state index contributed by atoms with van der Waals surface area (Å²) in [7, 11) is 0. The predicted molar refractivity (Wildman–Crippen MR) is 76.1 cm³/mol. The number of amides is 1. The zero-order chi connectivity index (χ0) is 19.4. The standard InChI is InChI=1S/C15H17F6NO3/c1-8(22-12(23)11(16)14(2,24)13(17)18)9-4-3-5-10(6-9)25-7-15(19,20)21/h3-6,8,11,13,24H,7H2,1-2H3,(H,22,23)/t8-,11?,14?/m0/s1. The minimum Gasteiger partial charge on any atom is -0.484 e. The summed E-state index contributed by atoms with van der Waals surface area (Å²) in [6.45, 7) is 0.337. The van der Waals surface area contributed by atoms with Gasteiger partial charge in [-0.25, -0.2) is 13.2 Å². The van der Waals surface area contributed by atoms with E-state index in [0.29, 0.717) is 6.92 Å². The second-order valence-electron chi connectivity index (χ2n) is 5.60.